The Morgan fingerprint density at radius 2 is 1.74 bits per heavy atom. The summed E-state index contributed by atoms with van der Waals surface area (Å²) in [4.78, 5) is 28.0. The number of rotatable bonds is 6. The van der Waals surface area contributed by atoms with Crippen molar-refractivity contribution in [2.24, 2.45) is 0 Å². The summed E-state index contributed by atoms with van der Waals surface area (Å²) in [6, 6.07) is 17.7. The van der Waals surface area contributed by atoms with Crippen LogP contribution in [0.2, 0.25) is 0 Å². The maximum atomic E-state index is 12.5. The van der Waals surface area contributed by atoms with E-state index in [1.807, 2.05) is 30.3 Å². The first-order valence-electron chi connectivity index (χ1n) is 10.9. The number of carbonyl (C=O) groups is 2. The minimum absolute atomic E-state index is 0.163. The van der Waals surface area contributed by atoms with Crippen molar-refractivity contribution < 1.29 is 24.0 Å². The smallest absolute Gasteiger partial charge is 0.338 e. The molecule has 0 aromatic heterocycles. The van der Waals surface area contributed by atoms with Gasteiger partial charge in [0.25, 0.3) is 5.91 Å². The minimum atomic E-state index is -0.462. The topological polar surface area (TPSA) is 60.3 Å². The Morgan fingerprint density at radius 1 is 1.00 bits per heavy atom. The Balaban J connectivity index is 1.24. The van der Waals surface area contributed by atoms with E-state index in [4.69, 9.17) is 9.47 Å². The molecule has 2 heterocycles. The molecule has 0 bridgehead atoms. The van der Waals surface area contributed by atoms with Crippen LogP contribution >= 0.6 is 0 Å². The third kappa shape index (κ3) is 5.81. The molecule has 2 aromatic rings. The lowest BCUT2D eigenvalue weighted by Gasteiger charge is -2.26. The fraction of sp³-hybridized carbons (Fsp3) is 0.360. The quantitative estimate of drug-likeness (QED) is 0.720. The molecule has 6 nitrogen and oxygen atoms in total. The molecular weight excluding hydrogens is 392 g/mol. The van der Waals surface area contributed by atoms with Gasteiger partial charge in [0.05, 0.1) is 18.8 Å². The van der Waals surface area contributed by atoms with Crippen LogP contribution in [0.15, 0.2) is 60.7 Å². The fourth-order valence-electron chi connectivity index (χ4n) is 4.00. The SMILES string of the molecule is O=C(OCC(=O)N1CC=C(c2ccccc2)CC1)c1ccc(C[NH+]2CCOCC2)cc1. The molecule has 2 aliphatic heterocycles. The van der Waals surface area contributed by atoms with Crippen molar-refractivity contribution in [2.75, 3.05) is 46.0 Å². The monoisotopic (exact) mass is 421 g/mol. The zero-order valence-electron chi connectivity index (χ0n) is 17.7. The van der Waals surface area contributed by atoms with Gasteiger partial charge in [-0.15, -0.1) is 0 Å². The van der Waals surface area contributed by atoms with Crippen molar-refractivity contribution in [2.45, 2.75) is 13.0 Å². The molecule has 2 aromatic carbocycles. The first-order valence-corrected chi connectivity index (χ1v) is 10.9. The Labute approximate surface area is 183 Å². The number of nitrogens with one attached hydrogen (secondary N) is 1. The molecule has 0 spiro atoms. The van der Waals surface area contributed by atoms with Crippen molar-refractivity contribution in [3.63, 3.8) is 0 Å². The molecule has 0 aliphatic carbocycles. The Bertz CT molecular complexity index is 918. The lowest BCUT2D eigenvalue weighted by atomic mass is 10.00. The zero-order chi connectivity index (χ0) is 21.5. The van der Waals surface area contributed by atoms with Gasteiger partial charge in [0, 0.05) is 18.7 Å². The molecule has 1 amide bonds. The summed E-state index contributed by atoms with van der Waals surface area (Å²) in [7, 11) is 0. The highest BCUT2D eigenvalue weighted by molar-refractivity contribution is 5.91. The predicted octanol–water partition coefficient (Wildman–Crippen LogP) is 1.57. The molecule has 162 valence electrons. The van der Waals surface area contributed by atoms with Crippen molar-refractivity contribution in [1.82, 2.24) is 4.90 Å². The number of amides is 1. The Morgan fingerprint density at radius 3 is 2.42 bits per heavy atom. The summed E-state index contributed by atoms with van der Waals surface area (Å²) in [5.41, 5.74) is 4.10. The summed E-state index contributed by atoms with van der Waals surface area (Å²) in [6.45, 7) is 5.48. The highest BCUT2D eigenvalue weighted by Gasteiger charge is 2.20. The summed E-state index contributed by atoms with van der Waals surface area (Å²) >= 11 is 0. The second-order valence-electron chi connectivity index (χ2n) is 8.00. The van der Waals surface area contributed by atoms with Crippen LogP contribution in [-0.2, 0) is 20.8 Å². The second-order valence-corrected chi connectivity index (χ2v) is 8.00. The number of esters is 1. The van der Waals surface area contributed by atoms with Crippen LogP contribution < -0.4 is 4.90 Å². The van der Waals surface area contributed by atoms with Gasteiger partial charge < -0.3 is 19.3 Å². The largest absolute Gasteiger partial charge is 0.452 e. The maximum Gasteiger partial charge on any atom is 0.338 e. The van der Waals surface area contributed by atoms with E-state index in [0.717, 1.165) is 39.3 Å². The number of carbonyl (C=O) groups excluding carboxylic acids is 2. The van der Waals surface area contributed by atoms with E-state index < -0.39 is 5.97 Å². The van der Waals surface area contributed by atoms with Crippen LogP contribution in [0.3, 0.4) is 0 Å². The highest BCUT2D eigenvalue weighted by Crippen LogP contribution is 2.22. The van der Waals surface area contributed by atoms with Crippen molar-refractivity contribution in [3.8, 4) is 0 Å². The van der Waals surface area contributed by atoms with Crippen LogP contribution in [-0.4, -0.2) is 62.8 Å². The molecule has 2 aliphatic rings. The molecule has 0 radical (unpaired) electrons. The average molecular weight is 422 g/mol. The van der Waals surface area contributed by atoms with Gasteiger partial charge in [0.1, 0.15) is 19.6 Å². The van der Waals surface area contributed by atoms with Gasteiger partial charge in [-0.3, -0.25) is 4.79 Å². The second kappa shape index (κ2) is 10.4. The number of hydrogen-bond donors (Lipinski definition) is 1. The number of hydrogen-bond acceptors (Lipinski definition) is 4. The molecule has 0 unspecified atom stereocenters. The van der Waals surface area contributed by atoms with Crippen LogP contribution in [0, 0.1) is 0 Å². The molecule has 0 saturated carbocycles. The normalized spacial score (nSPS) is 17.2. The number of morpholine rings is 1. The predicted molar refractivity (Wildman–Crippen MR) is 118 cm³/mol. The van der Waals surface area contributed by atoms with E-state index in [9.17, 15) is 9.59 Å². The van der Waals surface area contributed by atoms with E-state index in [1.165, 1.54) is 21.6 Å². The maximum absolute atomic E-state index is 12.5. The molecule has 4 rings (SSSR count). The first kappa shape index (κ1) is 21.3. The summed E-state index contributed by atoms with van der Waals surface area (Å²) < 4.78 is 10.7. The summed E-state index contributed by atoms with van der Waals surface area (Å²) in [5, 5.41) is 0. The summed E-state index contributed by atoms with van der Waals surface area (Å²) in [6.07, 6.45) is 2.88. The van der Waals surface area contributed by atoms with E-state index in [1.54, 1.807) is 17.0 Å². The molecule has 0 atom stereocenters. The van der Waals surface area contributed by atoms with Gasteiger partial charge >= 0.3 is 5.97 Å². The zero-order valence-corrected chi connectivity index (χ0v) is 17.7. The van der Waals surface area contributed by atoms with E-state index in [-0.39, 0.29) is 12.5 Å². The number of benzene rings is 2. The average Bonchev–Trinajstić information content (AvgIpc) is 2.84. The first-order chi connectivity index (χ1) is 15.2. The number of nitrogens with zero attached hydrogens (tertiary/aromatic N) is 1. The molecule has 31 heavy (non-hydrogen) atoms. The van der Waals surface area contributed by atoms with Crippen molar-refractivity contribution >= 4 is 17.4 Å². The molecule has 1 N–H and O–H groups in total. The number of ether oxygens (including phenoxy) is 2. The van der Waals surface area contributed by atoms with Gasteiger partial charge in [0.15, 0.2) is 6.61 Å². The third-order valence-corrected chi connectivity index (χ3v) is 5.88. The van der Waals surface area contributed by atoms with Gasteiger partial charge in [-0.2, -0.15) is 0 Å². The standard InChI is InChI=1S/C25H28N2O4/c28-24(27-12-10-22(11-13-27)21-4-2-1-3-5-21)19-31-25(29)23-8-6-20(7-9-23)18-26-14-16-30-17-15-26/h1-10H,11-19H2/p+1. The van der Waals surface area contributed by atoms with Crippen molar-refractivity contribution in [1.29, 1.82) is 0 Å². The molecule has 6 heteroatoms. The Hall–Kier alpha value is -2.96. The van der Waals surface area contributed by atoms with Gasteiger partial charge in [0.2, 0.25) is 0 Å². The Kier molecular flexibility index (Phi) is 7.12. The van der Waals surface area contributed by atoms with E-state index in [0.29, 0.717) is 18.7 Å². The van der Waals surface area contributed by atoms with Gasteiger partial charge in [-0.05, 0) is 29.7 Å². The minimum Gasteiger partial charge on any atom is -0.452 e. The lowest BCUT2D eigenvalue weighted by Crippen LogP contribution is -3.12. The van der Waals surface area contributed by atoms with Crippen LogP contribution in [0.1, 0.15) is 27.9 Å². The van der Waals surface area contributed by atoms with Crippen LogP contribution in [0.4, 0.5) is 0 Å². The molecular formula is C25H29N2O4+. The van der Waals surface area contributed by atoms with Crippen LogP contribution in [0.5, 0.6) is 0 Å². The molecule has 1 fully saturated rings. The van der Waals surface area contributed by atoms with Gasteiger partial charge in [-0.25, -0.2) is 4.79 Å². The third-order valence-electron chi connectivity index (χ3n) is 5.88. The van der Waals surface area contributed by atoms with E-state index in [2.05, 4.69) is 18.2 Å². The van der Waals surface area contributed by atoms with Crippen LogP contribution in [0.25, 0.3) is 5.57 Å². The lowest BCUT2D eigenvalue weighted by molar-refractivity contribution is -0.921. The van der Waals surface area contributed by atoms with Crippen molar-refractivity contribution in [3.05, 3.63) is 77.4 Å². The fourth-order valence-corrected chi connectivity index (χ4v) is 4.00. The van der Waals surface area contributed by atoms with E-state index >= 15 is 0 Å². The summed E-state index contributed by atoms with van der Waals surface area (Å²) in [5.74, 6) is -0.625. The highest BCUT2D eigenvalue weighted by atomic mass is 16.5. The van der Waals surface area contributed by atoms with Gasteiger partial charge in [-0.1, -0.05) is 48.5 Å². The molecule has 1 saturated heterocycles. The number of quaternary nitrogens is 1.